The number of nitrogens with zero attached hydrogens (tertiary/aromatic N) is 1. The normalized spacial score (nSPS) is 10.7. The van der Waals surface area contributed by atoms with Gasteiger partial charge in [0.25, 0.3) is 5.91 Å². The largest absolute Gasteiger partial charge is 0.496 e. The zero-order chi connectivity index (χ0) is 22.1. The van der Waals surface area contributed by atoms with Crippen LogP contribution in [0.5, 0.6) is 17.2 Å². The minimum absolute atomic E-state index is 0.0785. The van der Waals surface area contributed by atoms with Crippen molar-refractivity contribution in [3.05, 3.63) is 89.2 Å². The van der Waals surface area contributed by atoms with Gasteiger partial charge in [-0.3, -0.25) is 4.79 Å². The van der Waals surface area contributed by atoms with Crippen LogP contribution in [0.2, 0.25) is 0 Å². The minimum Gasteiger partial charge on any atom is -0.496 e. The summed E-state index contributed by atoms with van der Waals surface area (Å²) in [6, 6.07) is 18.5. The van der Waals surface area contributed by atoms with Gasteiger partial charge in [-0.2, -0.15) is 5.10 Å². The Balaban J connectivity index is 1.68. The number of hydrazone groups is 1. The van der Waals surface area contributed by atoms with Crippen molar-refractivity contribution >= 4 is 12.1 Å². The Morgan fingerprint density at radius 1 is 1.00 bits per heavy atom. The summed E-state index contributed by atoms with van der Waals surface area (Å²) in [6.07, 6.45) is 1.50. The van der Waals surface area contributed by atoms with Gasteiger partial charge in [0, 0.05) is 5.56 Å². The van der Waals surface area contributed by atoms with Crippen molar-refractivity contribution in [3.8, 4) is 17.2 Å². The number of carbonyl (C=O) groups excluding carboxylic acids is 1. The lowest BCUT2D eigenvalue weighted by Gasteiger charge is -2.13. The Labute approximate surface area is 180 Å². The molecule has 0 atom stereocenters. The molecule has 0 spiro atoms. The predicted octanol–water partition coefficient (Wildman–Crippen LogP) is 4.58. The summed E-state index contributed by atoms with van der Waals surface area (Å²) >= 11 is 0. The average Bonchev–Trinajstić information content (AvgIpc) is 2.79. The number of hydrogen-bond donors (Lipinski definition) is 1. The number of methoxy groups -OCH3 is 1. The van der Waals surface area contributed by atoms with Crippen LogP contribution in [0, 0.1) is 5.82 Å². The van der Waals surface area contributed by atoms with Crippen LogP contribution in [-0.2, 0) is 6.61 Å². The molecule has 0 saturated carbocycles. The van der Waals surface area contributed by atoms with Crippen LogP contribution in [0.25, 0.3) is 0 Å². The molecular formula is C24H23FN2O4. The smallest absolute Gasteiger partial charge is 0.275 e. The lowest BCUT2D eigenvalue weighted by Crippen LogP contribution is -2.18. The highest BCUT2D eigenvalue weighted by Crippen LogP contribution is 2.29. The van der Waals surface area contributed by atoms with Gasteiger partial charge in [-0.05, 0) is 48.9 Å². The Bertz CT molecular complexity index is 1070. The van der Waals surface area contributed by atoms with E-state index in [-0.39, 0.29) is 18.3 Å². The van der Waals surface area contributed by atoms with Gasteiger partial charge in [0.05, 0.1) is 25.5 Å². The first-order valence-corrected chi connectivity index (χ1v) is 9.71. The van der Waals surface area contributed by atoms with Gasteiger partial charge in [-0.25, -0.2) is 9.82 Å². The van der Waals surface area contributed by atoms with Crippen molar-refractivity contribution in [1.29, 1.82) is 0 Å². The van der Waals surface area contributed by atoms with Crippen LogP contribution in [0.4, 0.5) is 4.39 Å². The average molecular weight is 422 g/mol. The van der Waals surface area contributed by atoms with Crippen molar-refractivity contribution in [3.63, 3.8) is 0 Å². The number of nitrogens with one attached hydrogen (secondary N) is 1. The number of rotatable bonds is 9. The topological polar surface area (TPSA) is 69.2 Å². The quantitative estimate of drug-likeness (QED) is 0.405. The highest BCUT2D eigenvalue weighted by molar-refractivity contribution is 5.97. The Kier molecular flexibility index (Phi) is 7.59. The van der Waals surface area contributed by atoms with Gasteiger partial charge in [-0.15, -0.1) is 0 Å². The van der Waals surface area contributed by atoms with Gasteiger partial charge in [0.15, 0.2) is 11.5 Å². The summed E-state index contributed by atoms with van der Waals surface area (Å²) in [7, 11) is 1.50. The van der Waals surface area contributed by atoms with E-state index in [1.165, 1.54) is 19.4 Å². The molecule has 0 unspecified atom stereocenters. The molecule has 1 N–H and O–H groups in total. The third-order valence-corrected chi connectivity index (χ3v) is 4.34. The lowest BCUT2D eigenvalue weighted by atomic mass is 10.2. The summed E-state index contributed by atoms with van der Waals surface area (Å²) in [6.45, 7) is 2.37. The second kappa shape index (κ2) is 10.8. The highest BCUT2D eigenvalue weighted by Gasteiger charge is 2.11. The van der Waals surface area contributed by atoms with E-state index in [1.807, 2.05) is 6.92 Å². The van der Waals surface area contributed by atoms with E-state index in [0.717, 1.165) is 0 Å². The minimum atomic E-state index is -0.386. The molecule has 0 heterocycles. The molecule has 0 bridgehead atoms. The third-order valence-electron chi connectivity index (χ3n) is 4.34. The molecule has 7 heteroatoms. The van der Waals surface area contributed by atoms with Crippen LogP contribution in [0.15, 0.2) is 71.8 Å². The Morgan fingerprint density at radius 3 is 2.55 bits per heavy atom. The molecule has 0 fully saturated rings. The fourth-order valence-electron chi connectivity index (χ4n) is 2.82. The number of hydrogen-bond acceptors (Lipinski definition) is 5. The molecular weight excluding hydrogens is 399 g/mol. The van der Waals surface area contributed by atoms with E-state index < -0.39 is 0 Å². The van der Waals surface area contributed by atoms with E-state index in [2.05, 4.69) is 10.5 Å². The number of halogens is 1. The number of carbonyl (C=O) groups is 1. The van der Waals surface area contributed by atoms with Gasteiger partial charge in [0.2, 0.25) is 0 Å². The standard InChI is InChI=1S/C24H23FN2O4/c1-3-30-23-14-17(12-13-22(23)31-16-18-8-4-6-10-20(18)25)15-26-27-24(28)19-9-5-7-11-21(19)29-2/h4-15H,3,16H2,1-2H3,(H,27,28)/b26-15+. The SMILES string of the molecule is CCOc1cc(/C=N/NC(=O)c2ccccc2OC)ccc1OCc1ccccc1F. The molecule has 3 aromatic carbocycles. The molecule has 3 aromatic rings. The van der Waals surface area contributed by atoms with E-state index in [9.17, 15) is 9.18 Å². The first-order chi connectivity index (χ1) is 15.1. The second-order valence-corrected chi connectivity index (χ2v) is 6.42. The molecule has 0 aliphatic carbocycles. The molecule has 6 nitrogen and oxygen atoms in total. The van der Waals surface area contributed by atoms with E-state index in [4.69, 9.17) is 14.2 Å². The van der Waals surface area contributed by atoms with Crippen LogP contribution in [0.1, 0.15) is 28.4 Å². The molecule has 0 aliphatic rings. The fraction of sp³-hybridized carbons (Fsp3) is 0.167. The zero-order valence-electron chi connectivity index (χ0n) is 17.3. The van der Waals surface area contributed by atoms with Crippen molar-refractivity contribution in [2.24, 2.45) is 5.10 Å². The molecule has 160 valence electrons. The van der Waals surface area contributed by atoms with Crippen molar-refractivity contribution in [2.45, 2.75) is 13.5 Å². The molecule has 0 saturated heterocycles. The Hall–Kier alpha value is -3.87. The van der Waals surface area contributed by atoms with Crippen LogP contribution >= 0.6 is 0 Å². The molecule has 3 rings (SSSR count). The molecule has 0 radical (unpaired) electrons. The lowest BCUT2D eigenvalue weighted by molar-refractivity contribution is 0.0952. The summed E-state index contributed by atoms with van der Waals surface area (Å²) in [5, 5.41) is 4.00. The summed E-state index contributed by atoms with van der Waals surface area (Å²) in [5.41, 5.74) is 4.01. The second-order valence-electron chi connectivity index (χ2n) is 6.42. The van der Waals surface area contributed by atoms with Crippen LogP contribution in [-0.4, -0.2) is 25.8 Å². The number of para-hydroxylation sites is 1. The van der Waals surface area contributed by atoms with Crippen molar-refractivity contribution < 1.29 is 23.4 Å². The number of amides is 1. The van der Waals surface area contributed by atoms with Crippen molar-refractivity contribution in [2.75, 3.05) is 13.7 Å². The molecule has 1 amide bonds. The monoisotopic (exact) mass is 422 g/mol. The van der Waals surface area contributed by atoms with Crippen LogP contribution in [0.3, 0.4) is 0 Å². The Morgan fingerprint density at radius 2 is 1.77 bits per heavy atom. The fourth-order valence-corrected chi connectivity index (χ4v) is 2.82. The number of benzene rings is 3. The highest BCUT2D eigenvalue weighted by atomic mass is 19.1. The molecule has 0 aliphatic heterocycles. The van der Waals surface area contributed by atoms with Gasteiger partial charge < -0.3 is 14.2 Å². The maximum Gasteiger partial charge on any atom is 0.275 e. The third kappa shape index (κ3) is 5.82. The van der Waals surface area contributed by atoms with E-state index in [1.54, 1.807) is 60.7 Å². The summed E-state index contributed by atoms with van der Waals surface area (Å²) in [4.78, 5) is 12.3. The number of ether oxygens (including phenoxy) is 3. The van der Waals surface area contributed by atoms with Crippen molar-refractivity contribution in [1.82, 2.24) is 5.43 Å². The van der Waals surface area contributed by atoms with Gasteiger partial charge >= 0.3 is 0 Å². The molecule has 0 aromatic heterocycles. The van der Waals surface area contributed by atoms with Gasteiger partial charge in [-0.1, -0.05) is 30.3 Å². The van der Waals surface area contributed by atoms with E-state index in [0.29, 0.717) is 40.5 Å². The zero-order valence-corrected chi connectivity index (χ0v) is 17.3. The summed E-state index contributed by atoms with van der Waals surface area (Å²) < 4.78 is 30.4. The van der Waals surface area contributed by atoms with E-state index >= 15 is 0 Å². The van der Waals surface area contributed by atoms with Gasteiger partial charge in [0.1, 0.15) is 18.2 Å². The predicted molar refractivity (Wildman–Crippen MR) is 116 cm³/mol. The first-order valence-electron chi connectivity index (χ1n) is 9.71. The van der Waals surface area contributed by atoms with Crippen LogP contribution < -0.4 is 19.6 Å². The molecule has 31 heavy (non-hydrogen) atoms. The maximum atomic E-state index is 13.8. The summed E-state index contributed by atoms with van der Waals surface area (Å²) in [5.74, 6) is 0.739. The maximum absolute atomic E-state index is 13.8. The first kappa shape index (κ1) is 21.8.